The van der Waals surface area contributed by atoms with Crippen LogP contribution in [0.2, 0.25) is 5.02 Å². The number of hydrogen-bond acceptors (Lipinski definition) is 1. The number of rotatable bonds is 1. The number of anilines is 1. The van der Waals surface area contributed by atoms with E-state index in [4.69, 9.17) is 17.3 Å². The van der Waals surface area contributed by atoms with Crippen LogP contribution < -0.4 is 5.73 Å². The summed E-state index contributed by atoms with van der Waals surface area (Å²) in [6, 6.07) is 10.3. The van der Waals surface area contributed by atoms with Crippen LogP contribution in [0.25, 0.3) is 11.1 Å². The summed E-state index contributed by atoms with van der Waals surface area (Å²) in [6.45, 7) is 20.4. The molecule has 0 aliphatic heterocycles. The topological polar surface area (TPSA) is 26.0 Å². The molecular weight excluding hydrogens is 338 g/mol. The maximum Gasteiger partial charge on any atom is 0.0525 e. The molecule has 2 rings (SSSR count). The van der Waals surface area contributed by atoms with Crippen LogP contribution in [-0.2, 0) is 16.2 Å². The van der Waals surface area contributed by atoms with E-state index in [9.17, 15) is 0 Å². The van der Waals surface area contributed by atoms with Gasteiger partial charge in [0.15, 0.2) is 0 Å². The normalized spacial score (nSPS) is 13.2. The average molecular weight is 372 g/mol. The molecule has 0 aliphatic rings. The van der Waals surface area contributed by atoms with Crippen molar-refractivity contribution in [1.29, 1.82) is 0 Å². The second-order valence-electron chi connectivity index (χ2n) is 10.4. The number of para-hydroxylation sites is 1. The minimum atomic E-state index is -0.0702. The van der Waals surface area contributed by atoms with Gasteiger partial charge in [-0.1, -0.05) is 92.1 Å². The molecular formula is C24H34ClN. The Kier molecular flexibility index (Phi) is 5.29. The fraction of sp³-hybridized carbons (Fsp3) is 0.500. The van der Waals surface area contributed by atoms with E-state index in [0.29, 0.717) is 0 Å². The standard InChI is InChI=1S/C24H34ClN/c1-22(2,3)17-14-16(15-12-10-11-13-18(15)26)21(25)20(24(7,8)9)19(17)23(4,5)6/h10-14H,26H2,1-9H3. The fourth-order valence-electron chi connectivity index (χ4n) is 3.67. The Morgan fingerprint density at radius 2 is 1.19 bits per heavy atom. The number of nitrogens with two attached hydrogens (primary N) is 1. The highest BCUT2D eigenvalue weighted by Crippen LogP contribution is 2.48. The summed E-state index contributed by atoms with van der Waals surface area (Å²) in [6.07, 6.45) is 0. The van der Waals surface area contributed by atoms with E-state index in [1.165, 1.54) is 16.7 Å². The molecule has 142 valence electrons. The molecule has 2 aromatic carbocycles. The molecule has 1 nitrogen and oxygen atoms in total. The summed E-state index contributed by atoms with van der Waals surface area (Å²) in [4.78, 5) is 0. The first-order valence-corrected chi connectivity index (χ1v) is 9.76. The first kappa shape index (κ1) is 20.8. The minimum Gasteiger partial charge on any atom is -0.398 e. The quantitative estimate of drug-likeness (QED) is 0.516. The second kappa shape index (κ2) is 6.60. The summed E-state index contributed by atoms with van der Waals surface area (Å²) in [5.74, 6) is 0. The zero-order valence-electron chi connectivity index (χ0n) is 17.8. The first-order chi connectivity index (χ1) is 11.7. The van der Waals surface area contributed by atoms with Gasteiger partial charge >= 0.3 is 0 Å². The summed E-state index contributed by atoms with van der Waals surface area (Å²) in [7, 11) is 0. The van der Waals surface area contributed by atoms with Gasteiger partial charge in [0.1, 0.15) is 0 Å². The summed E-state index contributed by atoms with van der Waals surface area (Å²) >= 11 is 7.08. The van der Waals surface area contributed by atoms with Crippen molar-refractivity contribution < 1.29 is 0 Å². The molecule has 26 heavy (non-hydrogen) atoms. The van der Waals surface area contributed by atoms with Gasteiger partial charge in [-0.2, -0.15) is 0 Å². The van der Waals surface area contributed by atoms with Crippen molar-refractivity contribution in [3.8, 4) is 11.1 Å². The minimum absolute atomic E-state index is 0.00434. The van der Waals surface area contributed by atoms with Crippen LogP contribution in [0.4, 0.5) is 5.69 Å². The number of benzene rings is 2. The zero-order valence-corrected chi connectivity index (χ0v) is 18.6. The Labute approximate surface area is 165 Å². The second-order valence-corrected chi connectivity index (χ2v) is 10.8. The molecule has 0 unspecified atom stereocenters. The van der Waals surface area contributed by atoms with Crippen molar-refractivity contribution in [3.05, 3.63) is 52.0 Å². The predicted molar refractivity (Wildman–Crippen MR) is 117 cm³/mol. The van der Waals surface area contributed by atoms with Gasteiger partial charge in [0.05, 0.1) is 5.02 Å². The number of halogens is 1. The Hall–Kier alpha value is -1.47. The average Bonchev–Trinajstić information content (AvgIpc) is 2.44. The van der Waals surface area contributed by atoms with Crippen LogP contribution in [-0.4, -0.2) is 0 Å². The third-order valence-electron chi connectivity index (χ3n) is 4.82. The van der Waals surface area contributed by atoms with E-state index in [-0.39, 0.29) is 16.2 Å². The molecule has 0 bridgehead atoms. The Morgan fingerprint density at radius 3 is 1.62 bits per heavy atom. The SMILES string of the molecule is CC(C)(C)c1cc(-c2ccccc2N)c(Cl)c(C(C)(C)C)c1C(C)(C)C. The molecule has 0 atom stereocenters. The van der Waals surface area contributed by atoms with Crippen LogP contribution in [0.5, 0.6) is 0 Å². The Morgan fingerprint density at radius 1 is 0.692 bits per heavy atom. The van der Waals surface area contributed by atoms with Crippen molar-refractivity contribution in [3.63, 3.8) is 0 Å². The van der Waals surface area contributed by atoms with Crippen LogP contribution >= 0.6 is 11.6 Å². The molecule has 0 aliphatic carbocycles. The van der Waals surface area contributed by atoms with Crippen molar-refractivity contribution in [2.45, 2.75) is 78.6 Å². The van der Waals surface area contributed by atoms with Gasteiger partial charge in [-0.05, 0) is 45.1 Å². The Balaban J connectivity index is 3.07. The van der Waals surface area contributed by atoms with Crippen LogP contribution in [0, 0.1) is 0 Å². The van der Waals surface area contributed by atoms with Gasteiger partial charge < -0.3 is 5.73 Å². The van der Waals surface area contributed by atoms with E-state index >= 15 is 0 Å². The maximum atomic E-state index is 7.08. The van der Waals surface area contributed by atoms with Crippen LogP contribution in [0.3, 0.4) is 0 Å². The molecule has 0 aromatic heterocycles. The molecule has 0 radical (unpaired) electrons. The van der Waals surface area contributed by atoms with E-state index < -0.39 is 0 Å². The fourth-order valence-corrected chi connectivity index (χ4v) is 4.21. The first-order valence-electron chi connectivity index (χ1n) is 9.38. The molecule has 0 spiro atoms. The van der Waals surface area contributed by atoms with Crippen LogP contribution in [0.15, 0.2) is 30.3 Å². The number of hydrogen-bond donors (Lipinski definition) is 1. The lowest BCUT2D eigenvalue weighted by atomic mass is 9.67. The van der Waals surface area contributed by atoms with Crippen LogP contribution in [0.1, 0.15) is 79.0 Å². The van der Waals surface area contributed by atoms with Gasteiger partial charge in [-0.15, -0.1) is 0 Å². The Bertz CT molecular complexity index is 812. The number of nitrogen functional groups attached to an aromatic ring is 1. The van der Waals surface area contributed by atoms with E-state index in [2.05, 4.69) is 74.4 Å². The molecule has 2 N–H and O–H groups in total. The van der Waals surface area contributed by atoms with E-state index in [1.807, 2.05) is 18.2 Å². The molecule has 2 heteroatoms. The monoisotopic (exact) mass is 371 g/mol. The predicted octanol–water partition coefficient (Wildman–Crippen LogP) is 7.48. The lowest BCUT2D eigenvalue weighted by Crippen LogP contribution is -2.28. The highest BCUT2D eigenvalue weighted by molar-refractivity contribution is 6.34. The summed E-state index contributed by atoms with van der Waals surface area (Å²) in [5.41, 5.74) is 13.0. The van der Waals surface area contributed by atoms with E-state index in [0.717, 1.165) is 21.8 Å². The smallest absolute Gasteiger partial charge is 0.0525 e. The highest BCUT2D eigenvalue weighted by Gasteiger charge is 2.35. The molecule has 0 fully saturated rings. The van der Waals surface area contributed by atoms with Gasteiger partial charge in [0.25, 0.3) is 0 Å². The third-order valence-corrected chi connectivity index (χ3v) is 5.22. The van der Waals surface area contributed by atoms with Crippen molar-refractivity contribution in [2.24, 2.45) is 0 Å². The molecule has 2 aromatic rings. The van der Waals surface area contributed by atoms with Crippen molar-refractivity contribution >= 4 is 17.3 Å². The van der Waals surface area contributed by atoms with Crippen molar-refractivity contribution in [2.75, 3.05) is 5.73 Å². The third kappa shape index (κ3) is 3.93. The van der Waals surface area contributed by atoms with Gasteiger partial charge in [0, 0.05) is 16.8 Å². The lowest BCUT2D eigenvalue weighted by Gasteiger charge is -2.38. The van der Waals surface area contributed by atoms with Crippen molar-refractivity contribution in [1.82, 2.24) is 0 Å². The highest BCUT2D eigenvalue weighted by atomic mass is 35.5. The summed E-state index contributed by atoms with van der Waals surface area (Å²) in [5, 5.41) is 0.827. The molecule has 0 saturated carbocycles. The van der Waals surface area contributed by atoms with E-state index in [1.54, 1.807) is 0 Å². The summed E-state index contributed by atoms with van der Waals surface area (Å²) < 4.78 is 0. The van der Waals surface area contributed by atoms with Gasteiger partial charge in [-0.25, -0.2) is 0 Å². The molecule has 0 heterocycles. The zero-order chi connectivity index (χ0) is 20.1. The molecule has 0 saturated heterocycles. The largest absolute Gasteiger partial charge is 0.398 e. The van der Waals surface area contributed by atoms with Gasteiger partial charge in [0.2, 0.25) is 0 Å². The maximum absolute atomic E-state index is 7.08. The molecule has 0 amide bonds. The lowest BCUT2D eigenvalue weighted by molar-refractivity contribution is 0.498. The van der Waals surface area contributed by atoms with Gasteiger partial charge in [-0.3, -0.25) is 0 Å².